The lowest BCUT2D eigenvalue weighted by Crippen LogP contribution is -2.25. The molecule has 1 heterocycles. The third kappa shape index (κ3) is 3.95. The molecule has 0 aliphatic heterocycles. The van der Waals surface area contributed by atoms with Crippen LogP contribution in [-0.4, -0.2) is 28.4 Å². The van der Waals surface area contributed by atoms with Gasteiger partial charge in [-0.2, -0.15) is 0 Å². The first-order valence-corrected chi connectivity index (χ1v) is 4.80. The number of primary amides is 1. The molecule has 1 aromatic rings. The molecule has 0 saturated carbocycles. The van der Waals surface area contributed by atoms with Crippen molar-refractivity contribution in [3.05, 3.63) is 24.0 Å². The van der Waals surface area contributed by atoms with Gasteiger partial charge in [-0.25, -0.2) is 0 Å². The van der Waals surface area contributed by atoms with Gasteiger partial charge >= 0.3 is 0 Å². The summed E-state index contributed by atoms with van der Waals surface area (Å²) >= 11 is 0. The predicted octanol–water partition coefficient (Wildman–Crippen LogP) is -0.218. The van der Waals surface area contributed by atoms with Gasteiger partial charge in [0.2, 0.25) is 5.91 Å². The minimum Gasteiger partial charge on any atom is -0.506 e. The largest absolute Gasteiger partial charge is 0.506 e. The molecule has 0 spiro atoms. The molecule has 0 bridgehead atoms. The molecule has 0 atom stereocenters. The molecule has 0 aliphatic rings. The number of hydrogen-bond acceptors (Lipinski definition) is 4. The Morgan fingerprint density at radius 2 is 2.19 bits per heavy atom. The molecular formula is C10H13N3O3. The highest BCUT2D eigenvalue weighted by molar-refractivity contribution is 5.94. The van der Waals surface area contributed by atoms with E-state index in [1.165, 1.54) is 18.5 Å². The zero-order valence-corrected chi connectivity index (χ0v) is 8.64. The summed E-state index contributed by atoms with van der Waals surface area (Å²) in [5, 5.41) is 11.7. The Bertz CT molecular complexity index is 393. The zero-order valence-electron chi connectivity index (χ0n) is 8.64. The van der Waals surface area contributed by atoms with Gasteiger partial charge in [-0.1, -0.05) is 0 Å². The molecule has 6 nitrogen and oxygen atoms in total. The third-order valence-corrected chi connectivity index (χ3v) is 1.87. The second-order valence-electron chi connectivity index (χ2n) is 3.26. The van der Waals surface area contributed by atoms with Crippen LogP contribution in [-0.2, 0) is 4.79 Å². The molecule has 86 valence electrons. The first-order valence-electron chi connectivity index (χ1n) is 4.80. The Labute approximate surface area is 92.5 Å². The van der Waals surface area contributed by atoms with Crippen molar-refractivity contribution >= 4 is 11.8 Å². The van der Waals surface area contributed by atoms with Crippen molar-refractivity contribution in [3.8, 4) is 5.75 Å². The highest BCUT2D eigenvalue weighted by atomic mass is 16.3. The average Bonchev–Trinajstić information content (AvgIpc) is 2.24. The number of amides is 2. The van der Waals surface area contributed by atoms with Gasteiger partial charge in [0.05, 0.1) is 11.8 Å². The van der Waals surface area contributed by atoms with Crippen LogP contribution in [0, 0.1) is 0 Å². The molecule has 1 aromatic heterocycles. The van der Waals surface area contributed by atoms with Gasteiger partial charge < -0.3 is 16.2 Å². The molecule has 0 aliphatic carbocycles. The van der Waals surface area contributed by atoms with Crippen molar-refractivity contribution in [3.63, 3.8) is 0 Å². The Morgan fingerprint density at radius 1 is 1.44 bits per heavy atom. The predicted molar refractivity (Wildman–Crippen MR) is 56.7 cm³/mol. The number of aromatic nitrogens is 1. The Kier molecular flexibility index (Phi) is 4.26. The number of hydrogen-bond donors (Lipinski definition) is 3. The molecule has 4 N–H and O–H groups in total. The number of rotatable bonds is 5. The second-order valence-corrected chi connectivity index (χ2v) is 3.26. The first kappa shape index (κ1) is 12.0. The summed E-state index contributed by atoms with van der Waals surface area (Å²) in [6.45, 7) is 0.359. The summed E-state index contributed by atoms with van der Waals surface area (Å²) in [4.78, 5) is 25.6. The minimum absolute atomic E-state index is 0.0650. The maximum Gasteiger partial charge on any atom is 0.252 e. The summed E-state index contributed by atoms with van der Waals surface area (Å²) in [6, 6.07) is 1.32. The molecule has 0 saturated heterocycles. The van der Waals surface area contributed by atoms with Crippen molar-refractivity contribution in [2.24, 2.45) is 5.73 Å². The van der Waals surface area contributed by atoms with Gasteiger partial charge in [0.25, 0.3) is 5.91 Å². The van der Waals surface area contributed by atoms with E-state index in [-0.39, 0.29) is 23.6 Å². The molecule has 1 rings (SSSR count). The van der Waals surface area contributed by atoms with E-state index in [2.05, 4.69) is 10.3 Å². The van der Waals surface area contributed by atoms with Crippen LogP contribution in [0.15, 0.2) is 18.5 Å². The SMILES string of the molecule is NC(=O)CCCNC(=O)c1cncc(O)c1. The van der Waals surface area contributed by atoms with Crippen LogP contribution in [0.5, 0.6) is 5.75 Å². The van der Waals surface area contributed by atoms with E-state index in [4.69, 9.17) is 10.8 Å². The van der Waals surface area contributed by atoms with Crippen molar-refractivity contribution in [1.82, 2.24) is 10.3 Å². The number of nitrogens with zero attached hydrogens (tertiary/aromatic N) is 1. The lowest BCUT2D eigenvalue weighted by atomic mass is 10.2. The number of pyridine rings is 1. The minimum atomic E-state index is -0.395. The molecule has 16 heavy (non-hydrogen) atoms. The summed E-state index contributed by atoms with van der Waals surface area (Å²) in [5.41, 5.74) is 5.22. The summed E-state index contributed by atoms with van der Waals surface area (Å²) in [6.07, 6.45) is 3.32. The van der Waals surface area contributed by atoms with Crippen molar-refractivity contribution < 1.29 is 14.7 Å². The number of nitrogens with two attached hydrogens (primary N) is 1. The molecule has 0 unspecified atom stereocenters. The fourth-order valence-corrected chi connectivity index (χ4v) is 1.12. The van der Waals surface area contributed by atoms with Gasteiger partial charge in [-0.05, 0) is 12.5 Å². The number of carbonyl (C=O) groups is 2. The van der Waals surface area contributed by atoms with Crippen molar-refractivity contribution in [2.75, 3.05) is 6.54 Å². The highest BCUT2D eigenvalue weighted by Crippen LogP contribution is 2.07. The summed E-state index contributed by atoms with van der Waals surface area (Å²) in [5.74, 6) is -0.800. The maximum atomic E-state index is 11.5. The summed E-state index contributed by atoms with van der Waals surface area (Å²) < 4.78 is 0. The maximum absolute atomic E-state index is 11.5. The average molecular weight is 223 g/mol. The molecule has 2 amide bonds. The third-order valence-electron chi connectivity index (χ3n) is 1.87. The Hall–Kier alpha value is -2.11. The lowest BCUT2D eigenvalue weighted by molar-refractivity contribution is -0.118. The smallest absolute Gasteiger partial charge is 0.252 e. The van der Waals surface area contributed by atoms with Crippen LogP contribution in [0.1, 0.15) is 23.2 Å². The van der Waals surface area contributed by atoms with E-state index in [1.54, 1.807) is 0 Å². The van der Waals surface area contributed by atoms with Crippen molar-refractivity contribution in [1.29, 1.82) is 0 Å². The Balaban J connectivity index is 2.38. The second kappa shape index (κ2) is 5.69. The number of carbonyl (C=O) groups excluding carboxylic acids is 2. The van der Waals surface area contributed by atoms with Crippen LogP contribution < -0.4 is 11.1 Å². The number of nitrogens with one attached hydrogen (secondary N) is 1. The molecular weight excluding hydrogens is 210 g/mol. The standard InChI is InChI=1S/C10H13N3O3/c11-9(15)2-1-3-13-10(16)7-4-8(14)6-12-5-7/h4-6,14H,1-3H2,(H2,11,15)(H,13,16). The van der Waals surface area contributed by atoms with Gasteiger partial charge in [0.15, 0.2) is 0 Å². The van der Waals surface area contributed by atoms with E-state index < -0.39 is 5.91 Å². The van der Waals surface area contributed by atoms with Crippen LogP contribution in [0.2, 0.25) is 0 Å². The van der Waals surface area contributed by atoms with E-state index in [0.29, 0.717) is 13.0 Å². The van der Waals surface area contributed by atoms with Crippen LogP contribution >= 0.6 is 0 Å². The molecule has 0 fully saturated rings. The van der Waals surface area contributed by atoms with Crippen LogP contribution in [0.3, 0.4) is 0 Å². The fraction of sp³-hybridized carbons (Fsp3) is 0.300. The zero-order chi connectivity index (χ0) is 12.0. The number of aromatic hydroxyl groups is 1. The topological polar surface area (TPSA) is 105 Å². The molecule has 0 aromatic carbocycles. The molecule has 0 radical (unpaired) electrons. The molecule has 6 heteroatoms. The monoisotopic (exact) mass is 223 g/mol. The van der Waals surface area contributed by atoms with Gasteiger partial charge in [0.1, 0.15) is 5.75 Å². The van der Waals surface area contributed by atoms with Crippen molar-refractivity contribution in [2.45, 2.75) is 12.8 Å². The van der Waals surface area contributed by atoms with Gasteiger partial charge in [-0.15, -0.1) is 0 Å². The van der Waals surface area contributed by atoms with E-state index >= 15 is 0 Å². The normalized spacial score (nSPS) is 9.75. The summed E-state index contributed by atoms with van der Waals surface area (Å²) in [7, 11) is 0. The van der Waals surface area contributed by atoms with Gasteiger partial charge in [0, 0.05) is 19.2 Å². The van der Waals surface area contributed by atoms with E-state index in [0.717, 1.165) is 0 Å². The van der Waals surface area contributed by atoms with Gasteiger partial charge in [-0.3, -0.25) is 14.6 Å². The van der Waals surface area contributed by atoms with E-state index in [1.807, 2.05) is 0 Å². The Morgan fingerprint density at radius 3 is 2.81 bits per heavy atom. The fourth-order valence-electron chi connectivity index (χ4n) is 1.12. The first-order chi connectivity index (χ1) is 7.59. The van der Waals surface area contributed by atoms with E-state index in [9.17, 15) is 9.59 Å². The van der Waals surface area contributed by atoms with Crippen LogP contribution in [0.4, 0.5) is 0 Å². The highest BCUT2D eigenvalue weighted by Gasteiger charge is 2.05. The van der Waals surface area contributed by atoms with Crippen LogP contribution in [0.25, 0.3) is 0 Å². The lowest BCUT2D eigenvalue weighted by Gasteiger charge is -2.03. The quantitative estimate of drug-likeness (QED) is 0.600.